The number of amides is 1. The van der Waals surface area contributed by atoms with Gasteiger partial charge < -0.3 is 15.0 Å². The molecule has 1 heterocycles. The highest BCUT2D eigenvalue weighted by Gasteiger charge is 2.27. The molecule has 0 saturated carbocycles. The molecule has 6 heteroatoms. The third-order valence-electron chi connectivity index (χ3n) is 6.27. The molecule has 0 aliphatic heterocycles. The summed E-state index contributed by atoms with van der Waals surface area (Å²) in [6.07, 6.45) is 5.19. The van der Waals surface area contributed by atoms with E-state index in [1.807, 2.05) is 42.5 Å². The van der Waals surface area contributed by atoms with Crippen molar-refractivity contribution in [2.75, 3.05) is 0 Å². The van der Waals surface area contributed by atoms with Gasteiger partial charge in [-0.3, -0.25) is 9.59 Å². The minimum atomic E-state index is -0.937. The molecule has 3 aromatic carbocycles. The third-order valence-corrected chi connectivity index (χ3v) is 6.27. The molecule has 2 N–H and O–H groups in total. The molecule has 1 aliphatic carbocycles. The number of rotatable bonds is 5. The standard InChI is InChI=1S/C27H23FN2O3/c28-20-8-10-24-22(14-20)23-15-21(9-11-25(23)30(24)16-27(32)33)29-26(31)12-6-17-5-7-18-3-1-2-4-19(18)13-17/h1-8,10,12-14,21H,9,11,15-16H2,(H,29,31)(H,32,33)/b12-6+/t21-/m0/s1. The quantitative estimate of drug-likeness (QED) is 0.440. The zero-order valence-electron chi connectivity index (χ0n) is 17.9. The number of carboxylic acid groups (broad SMARTS) is 1. The lowest BCUT2D eigenvalue weighted by Gasteiger charge is -2.24. The highest BCUT2D eigenvalue weighted by molar-refractivity contribution is 5.93. The molecule has 1 amide bonds. The van der Waals surface area contributed by atoms with Crippen LogP contribution in [0.5, 0.6) is 0 Å². The fourth-order valence-electron chi connectivity index (χ4n) is 4.79. The summed E-state index contributed by atoms with van der Waals surface area (Å²) in [5, 5.41) is 15.4. The van der Waals surface area contributed by atoms with Crippen molar-refractivity contribution >= 4 is 39.6 Å². The van der Waals surface area contributed by atoms with E-state index in [0.717, 1.165) is 33.0 Å². The van der Waals surface area contributed by atoms with Crippen LogP contribution in [-0.2, 0) is 29.0 Å². The highest BCUT2D eigenvalue weighted by Crippen LogP contribution is 2.33. The minimum absolute atomic E-state index is 0.0987. The predicted octanol–water partition coefficient (Wildman–Crippen LogP) is 4.71. The molecule has 33 heavy (non-hydrogen) atoms. The normalized spacial score (nSPS) is 15.7. The van der Waals surface area contributed by atoms with E-state index >= 15 is 0 Å². The van der Waals surface area contributed by atoms with Crippen molar-refractivity contribution in [3.05, 3.63) is 89.4 Å². The Morgan fingerprint density at radius 2 is 1.91 bits per heavy atom. The number of aromatic nitrogens is 1. The van der Waals surface area contributed by atoms with E-state index in [1.165, 1.54) is 18.2 Å². The molecular formula is C27H23FN2O3. The van der Waals surface area contributed by atoms with Gasteiger partial charge in [0.1, 0.15) is 12.4 Å². The Morgan fingerprint density at radius 1 is 1.09 bits per heavy atom. The van der Waals surface area contributed by atoms with Crippen LogP contribution in [0.3, 0.4) is 0 Å². The third kappa shape index (κ3) is 4.24. The van der Waals surface area contributed by atoms with Gasteiger partial charge in [0.15, 0.2) is 0 Å². The van der Waals surface area contributed by atoms with Gasteiger partial charge in [-0.1, -0.05) is 36.4 Å². The summed E-state index contributed by atoms with van der Waals surface area (Å²) in [6, 6.07) is 18.4. The van der Waals surface area contributed by atoms with E-state index < -0.39 is 5.97 Å². The van der Waals surface area contributed by atoms with Gasteiger partial charge in [-0.05, 0) is 71.5 Å². The Bertz CT molecular complexity index is 1420. The smallest absolute Gasteiger partial charge is 0.323 e. The van der Waals surface area contributed by atoms with E-state index in [0.29, 0.717) is 24.8 Å². The van der Waals surface area contributed by atoms with Crippen LogP contribution in [0, 0.1) is 5.82 Å². The van der Waals surface area contributed by atoms with E-state index in [9.17, 15) is 19.1 Å². The molecule has 5 rings (SSSR count). The number of nitrogens with one attached hydrogen (secondary N) is 1. The molecule has 166 valence electrons. The van der Waals surface area contributed by atoms with Crippen LogP contribution < -0.4 is 5.32 Å². The Morgan fingerprint density at radius 3 is 2.73 bits per heavy atom. The summed E-state index contributed by atoms with van der Waals surface area (Å²) in [6.45, 7) is -0.164. The molecule has 0 fully saturated rings. The number of halogens is 1. The Kier molecular flexibility index (Phi) is 5.42. The van der Waals surface area contributed by atoms with Crippen molar-refractivity contribution in [3.63, 3.8) is 0 Å². The molecule has 0 bridgehead atoms. The van der Waals surface area contributed by atoms with Gasteiger partial charge in [0.2, 0.25) is 5.91 Å². The largest absolute Gasteiger partial charge is 0.480 e. The maximum absolute atomic E-state index is 13.9. The first kappa shape index (κ1) is 20.9. The van der Waals surface area contributed by atoms with Crippen molar-refractivity contribution < 1.29 is 19.1 Å². The Hall–Kier alpha value is -3.93. The summed E-state index contributed by atoms with van der Waals surface area (Å²) in [4.78, 5) is 24.0. The molecule has 0 saturated heterocycles. The van der Waals surface area contributed by atoms with E-state index in [1.54, 1.807) is 16.7 Å². The van der Waals surface area contributed by atoms with Gasteiger partial charge in [-0.15, -0.1) is 0 Å². The fraction of sp³-hybridized carbons (Fsp3) is 0.185. The van der Waals surface area contributed by atoms with Gasteiger partial charge in [0.05, 0.1) is 0 Å². The molecule has 0 spiro atoms. The number of hydrogen-bond acceptors (Lipinski definition) is 2. The molecule has 5 nitrogen and oxygen atoms in total. The van der Waals surface area contributed by atoms with Gasteiger partial charge in [-0.2, -0.15) is 0 Å². The second-order valence-electron chi connectivity index (χ2n) is 8.45. The first-order valence-electron chi connectivity index (χ1n) is 11.0. The van der Waals surface area contributed by atoms with Crippen molar-refractivity contribution in [2.24, 2.45) is 0 Å². The SMILES string of the molecule is O=C(O)Cn1c2c(c3cc(F)ccc31)C[C@@H](NC(=O)/C=C/c1ccc3ccccc3c1)CC2. The van der Waals surface area contributed by atoms with Crippen molar-refractivity contribution in [3.8, 4) is 0 Å². The summed E-state index contributed by atoms with van der Waals surface area (Å²) in [5.41, 5.74) is 3.49. The summed E-state index contributed by atoms with van der Waals surface area (Å²) < 4.78 is 15.7. The van der Waals surface area contributed by atoms with Crippen molar-refractivity contribution in [1.82, 2.24) is 9.88 Å². The number of hydrogen-bond donors (Lipinski definition) is 2. The molecular weight excluding hydrogens is 419 g/mol. The van der Waals surface area contributed by atoms with Crippen LogP contribution in [0.4, 0.5) is 4.39 Å². The lowest BCUT2D eigenvalue weighted by Crippen LogP contribution is -2.38. The Labute approximate surface area is 190 Å². The number of nitrogens with zero attached hydrogens (tertiary/aromatic N) is 1. The van der Waals surface area contributed by atoms with Crippen LogP contribution in [0.25, 0.3) is 27.8 Å². The fourth-order valence-corrected chi connectivity index (χ4v) is 4.79. The minimum Gasteiger partial charge on any atom is -0.480 e. The number of fused-ring (bicyclic) bond motifs is 4. The molecule has 0 radical (unpaired) electrons. The number of carbonyl (C=O) groups excluding carboxylic acids is 1. The summed E-state index contributed by atoms with van der Waals surface area (Å²) in [7, 11) is 0. The molecule has 0 unspecified atom stereocenters. The molecule has 4 aromatic rings. The van der Waals surface area contributed by atoms with Crippen LogP contribution in [0.1, 0.15) is 23.2 Å². The zero-order valence-corrected chi connectivity index (χ0v) is 17.9. The summed E-state index contributed by atoms with van der Waals surface area (Å²) in [5.74, 6) is -1.48. The Balaban J connectivity index is 1.34. The second-order valence-corrected chi connectivity index (χ2v) is 8.45. The monoisotopic (exact) mass is 442 g/mol. The first-order valence-corrected chi connectivity index (χ1v) is 11.0. The summed E-state index contributed by atoms with van der Waals surface area (Å²) >= 11 is 0. The van der Waals surface area contributed by atoms with E-state index in [-0.39, 0.29) is 24.3 Å². The van der Waals surface area contributed by atoms with Gasteiger partial charge in [0, 0.05) is 28.7 Å². The average molecular weight is 442 g/mol. The number of benzene rings is 3. The highest BCUT2D eigenvalue weighted by atomic mass is 19.1. The van der Waals surface area contributed by atoms with Gasteiger partial charge in [0.25, 0.3) is 0 Å². The lowest BCUT2D eigenvalue weighted by atomic mass is 9.91. The maximum atomic E-state index is 13.9. The number of carboxylic acids is 1. The molecule has 1 aromatic heterocycles. The van der Waals surface area contributed by atoms with Crippen LogP contribution in [-0.4, -0.2) is 27.6 Å². The van der Waals surface area contributed by atoms with Crippen molar-refractivity contribution in [2.45, 2.75) is 31.8 Å². The first-order chi connectivity index (χ1) is 16.0. The van der Waals surface area contributed by atoms with Gasteiger partial charge in [-0.25, -0.2) is 4.39 Å². The topological polar surface area (TPSA) is 71.3 Å². The van der Waals surface area contributed by atoms with Crippen LogP contribution >= 0.6 is 0 Å². The number of carbonyl (C=O) groups is 2. The van der Waals surface area contributed by atoms with Gasteiger partial charge >= 0.3 is 5.97 Å². The molecule has 1 atom stereocenters. The second kappa shape index (κ2) is 8.54. The molecule has 1 aliphatic rings. The van der Waals surface area contributed by atoms with Crippen LogP contribution in [0.2, 0.25) is 0 Å². The van der Waals surface area contributed by atoms with Crippen molar-refractivity contribution in [1.29, 1.82) is 0 Å². The maximum Gasteiger partial charge on any atom is 0.323 e. The number of aliphatic carboxylic acids is 1. The average Bonchev–Trinajstić information content (AvgIpc) is 3.09. The van der Waals surface area contributed by atoms with Crippen LogP contribution in [0.15, 0.2) is 66.7 Å². The van der Waals surface area contributed by atoms with E-state index in [2.05, 4.69) is 5.32 Å². The predicted molar refractivity (Wildman–Crippen MR) is 126 cm³/mol. The van der Waals surface area contributed by atoms with E-state index in [4.69, 9.17) is 0 Å². The zero-order chi connectivity index (χ0) is 22.9. The lowest BCUT2D eigenvalue weighted by molar-refractivity contribution is -0.137.